The second kappa shape index (κ2) is 8.23. The van der Waals surface area contributed by atoms with E-state index in [1.165, 1.54) is 16.8 Å². The first kappa shape index (κ1) is 20.4. The number of aromatic amines is 1. The Bertz CT molecular complexity index is 1280. The van der Waals surface area contributed by atoms with Gasteiger partial charge < -0.3 is 15.1 Å². The van der Waals surface area contributed by atoms with Gasteiger partial charge in [-0.15, -0.1) is 0 Å². The van der Waals surface area contributed by atoms with E-state index < -0.39 is 11.2 Å². The van der Waals surface area contributed by atoms with Gasteiger partial charge in [-0.3, -0.25) is 19.1 Å². The van der Waals surface area contributed by atoms with Crippen LogP contribution in [-0.4, -0.2) is 58.6 Å². The molecule has 0 atom stereocenters. The minimum atomic E-state index is -0.524. The van der Waals surface area contributed by atoms with E-state index in [0.29, 0.717) is 17.8 Å². The molecule has 9 nitrogen and oxygen atoms in total. The van der Waals surface area contributed by atoms with Gasteiger partial charge in [0, 0.05) is 50.6 Å². The lowest BCUT2D eigenvalue weighted by atomic mass is 10.1. The van der Waals surface area contributed by atoms with Crippen molar-refractivity contribution in [3.05, 3.63) is 68.5 Å². The van der Waals surface area contributed by atoms with Crippen LogP contribution in [0.25, 0.3) is 11.0 Å². The second-order valence-electron chi connectivity index (χ2n) is 8.56. The number of benzene rings is 1. The minimum absolute atomic E-state index is 0.0695. The van der Waals surface area contributed by atoms with Crippen molar-refractivity contribution in [1.29, 1.82) is 0 Å². The van der Waals surface area contributed by atoms with Gasteiger partial charge in [0.1, 0.15) is 5.65 Å². The Morgan fingerprint density at radius 2 is 1.91 bits per heavy atom. The van der Waals surface area contributed by atoms with Crippen LogP contribution in [0.2, 0.25) is 0 Å². The van der Waals surface area contributed by atoms with Crippen molar-refractivity contribution < 1.29 is 4.79 Å². The maximum Gasteiger partial charge on any atom is 0.330 e. The van der Waals surface area contributed by atoms with Crippen LogP contribution in [0.3, 0.4) is 0 Å². The molecule has 2 N–H and O–H groups in total. The predicted octanol–water partition coefficient (Wildman–Crippen LogP) is 1.10. The topological polar surface area (TPSA) is 103 Å². The summed E-state index contributed by atoms with van der Waals surface area (Å²) in [7, 11) is 2.12. The molecule has 166 valence electrons. The maximum absolute atomic E-state index is 12.8. The summed E-state index contributed by atoms with van der Waals surface area (Å²) in [5.41, 5.74) is 1.82. The summed E-state index contributed by atoms with van der Waals surface area (Å²) < 4.78 is 1.52. The van der Waals surface area contributed by atoms with E-state index in [2.05, 4.69) is 38.2 Å². The molecule has 1 amide bonds. The van der Waals surface area contributed by atoms with E-state index in [9.17, 15) is 14.4 Å². The number of hydrogen-bond donors (Lipinski definition) is 2. The van der Waals surface area contributed by atoms with Crippen molar-refractivity contribution in [3.63, 3.8) is 0 Å². The molecule has 1 aromatic carbocycles. The monoisotopic (exact) mass is 434 g/mol. The number of aromatic nitrogens is 3. The molecule has 0 spiro atoms. The largest absolute Gasteiger partial charge is 0.369 e. The molecular weight excluding hydrogens is 408 g/mol. The lowest BCUT2D eigenvalue weighted by Gasteiger charge is -2.35. The molecule has 9 heteroatoms. The number of hydrogen-bond acceptors (Lipinski definition) is 6. The van der Waals surface area contributed by atoms with E-state index in [1.54, 1.807) is 0 Å². The molecule has 0 bridgehead atoms. The van der Waals surface area contributed by atoms with Crippen LogP contribution in [-0.2, 0) is 6.54 Å². The SMILES string of the molecule is CN1CCN(c2ccccc2CNC(=O)c2cnc3c(c2)c(=O)[nH]c(=O)n3C2CC2)CC1. The summed E-state index contributed by atoms with van der Waals surface area (Å²) in [4.78, 5) is 48.7. The minimum Gasteiger partial charge on any atom is -0.369 e. The Morgan fingerprint density at radius 3 is 2.66 bits per heavy atom. The van der Waals surface area contributed by atoms with Crippen molar-refractivity contribution in [1.82, 2.24) is 24.8 Å². The van der Waals surface area contributed by atoms with Gasteiger partial charge >= 0.3 is 5.69 Å². The molecule has 1 saturated heterocycles. The fourth-order valence-corrected chi connectivity index (χ4v) is 4.23. The smallest absolute Gasteiger partial charge is 0.330 e. The van der Waals surface area contributed by atoms with Crippen molar-refractivity contribution in [2.75, 3.05) is 38.1 Å². The number of carbonyl (C=O) groups excluding carboxylic acids is 1. The zero-order valence-electron chi connectivity index (χ0n) is 18.0. The third-order valence-corrected chi connectivity index (χ3v) is 6.23. The van der Waals surface area contributed by atoms with Crippen LogP contribution in [0.5, 0.6) is 0 Å². The summed E-state index contributed by atoms with van der Waals surface area (Å²) in [6.07, 6.45) is 3.21. The fourth-order valence-electron chi connectivity index (χ4n) is 4.23. The third kappa shape index (κ3) is 3.91. The van der Waals surface area contributed by atoms with Gasteiger partial charge in [-0.05, 0) is 37.6 Å². The Morgan fingerprint density at radius 1 is 1.16 bits per heavy atom. The normalized spacial score (nSPS) is 17.0. The third-order valence-electron chi connectivity index (χ3n) is 6.23. The van der Waals surface area contributed by atoms with Gasteiger partial charge in [0.2, 0.25) is 0 Å². The van der Waals surface area contributed by atoms with Crippen molar-refractivity contribution in [3.8, 4) is 0 Å². The molecule has 3 aromatic rings. The number of para-hydroxylation sites is 1. The number of nitrogens with one attached hydrogen (secondary N) is 2. The highest BCUT2D eigenvalue weighted by Crippen LogP contribution is 2.34. The average molecular weight is 435 g/mol. The zero-order chi connectivity index (χ0) is 22.2. The number of amides is 1. The summed E-state index contributed by atoms with van der Waals surface area (Å²) in [6.45, 7) is 4.27. The molecule has 5 rings (SSSR count). The lowest BCUT2D eigenvalue weighted by molar-refractivity contribution is 0.0950. The number of anilines is 1. The highest BCUT2D eigenvalue weighted by Gasteiger charge is 2.28. The predicted molar refractivity (Wildman–Crippen MR) is 122 cm³/mol. The molecule has 1 aliphatic carbocycles. The highest BCUT2D eigenvalue weighted by atomic mass is 16.2. The number of H-pyrrole nitrogens is 1. The molecule has 2 aromatic heterocycles. The van der Waals surface area contributed by atoms with Crippen molar-refractivity contribution >= 4 is 22.6 Å². The molecule has 1 aliphatic heterocycles. The number of carbonyl (C=O) groups is 1. The Kier molecular flexibility index (Phi) is 5.26. The summed E-state index contributed by atoms with van der Waals surface area (Å²) >= 11 is 0. The second-order valence-corrected chi connectivity index (χ2v) is 8.56. The molecule has 2 aliphatic rings. The number of likely N-dealkylation sites (N-methyl/N-ethyl adjacent to an activating group) is 1. The van der Waals surface area contributed by atoms with Crippen LogP contribution >= 0.6 is 0 Å². The summed E-state index contributed by atoms with van der Waals surface area (Å²) in [5.74, 6) is -0.309. The zero-order valence-corrected chi connectivity index (χ0v) is 18.0. The summed E-state index contributed by atoms with van der Waals surface area (Å²) in [5, 5.41) is 3.20. The van der Waals surface area contributed by atoms with E-state index in [4.69, 9.17) is 0 Å². The van der Waals surface area contributed by atoms with Crippen molar-refractivity contribution in [2.24, 2.45) is 0 Å². The van der Waals surface area contributed by atoms with Gasteiger partial charge in [-0.2, -0.15) is 0 Å². The molecule has 0 unspecified atom stereocenters. The van der Waals surface area contributed by atoms with Gasteiger partial charge in [0.05, 0.1) is 10.9 Å². The Balaban J connectivity index is 1.36. The number of nitrogens with zero attached hydrogens (tertiary/aromatic N) is 4. The standard InChI is InChI=1S/C23H26N6O3/c1-27-8-10-28(11-9-27)19-5-3-2-4-15(19)13-25-21(30)16-12-18-20(24-14-16)29(17-6-7-17)23(32)26-22(18)31/h2-5,12,14,17H,6-11,13H2,1H3,(H,25,30)(H,26,31,32). The van der Waals surface area contributed by atoms with Crippen LogP contribution < -0.4 is 21.5 Å². The van der Waals surface area contributed by atoms with E-state index >= 15 is 0 Å². The van der Waals surface area contributed by atoms with Gasteiger partial charge in [0.25, 0.3) is 11.5 Å². The first-order chi connectivity index (χ1) is 15.5. The first-order valence-electron chi connectivity index (χ1n) is 11.0. The molecular formula is C23H26N6O3. The Hall–Kier alpha value is -3.46. The highest BCUT2D eigenvalue weighted by molar-refractivity contribution is 5.96. The van der Waals surface area contributed by atoms with Crippen LogP contribution in [0.1, 0.15) is 34.8 Å². The quantitative estimate of drug-likeness (QED) is 0.623. The van der Waals surface area contributed by atoms with Crippen LogP contribution in [0.15, 0.2) is 46.1 Å². The Labute approximate surface area is 184 Å². The van der Waals surface area contributed by atoms with Gasteiger partial charge in [-0.1, -0.05) is 18.2 Å². The van der Waals surface area contributed by atoms with Crippen molar-refractivity contribution in [2.45, 2.75) is 25.4 Å². The average Bonchev–Trinajstić information content (AvgIpc) is 3.63. The summed E-state index contributed by atoms with van der Waals surface area (Å²) in [6, 6.07) is 9.67. The number of piperazine rings is 1. The lowest BCUT2D eigenvalue weighted by Crippen LogP contribution is -2.45. The number of fused-ring (bicyclic) bond motifs is 1. The molecule has 0 radical (unpaired) electrons. The molecule has 1 saturated carbocycles. The number of rotatable bonds is 5. The molecule has 3 heterocycles. The van der Waals surface area contributed by atoms with E-state index in [-0.39, 0.29) is 17.3 Å². The maximum atomic E-state index is 12.8. The van der Waals surface area contributed by atoms with Crippen LogP contribution in [0, 0.1) is 0 Å². The van der Waals surface area contributed by atoms with Crippen LogP contribution in [0.4, 0.5) is 5.69 Å². The van der Waals surface area contributed by atoms with Gasteiger partial charge in [-0.25, -0.2) is 9.78 Å². The molecule has 2 fully saturated rings. The van der Waals surface area contributed by atoms with E-state index in [0.717, 1.165) is 50.3 Å². The fraction of sp³-hybridized carbons (Fsp3) is 0.391. The number of pyridine rings is 1. The first-order valence-corrected chi connectivity index (χ1v) is 11.0. The van der Waals surface area contributed by atoms with E-state index in [1.807, 2.05) is 18.2 Å². The molecule has 32 heavy (non-hydrogen) atoms. The van der Waals surface area contributed by atoms with Gasteiger partial charge in [0.15, 0.2) is 0 Å².